The third-order valence-corrected chi connectivity index (χ3v) is 6.14. The number of aromatic hydroxyl groups is 1. The maximum absolute atomic E-state index is 10.2. The van der Waals surface area contributed by atoms with E-state index in [1.165, 1.54) is 103 Å². The van der Waals surface area contributed by atoms with Crippen LogP contribution in [0.2, 0.25) is 0 Å². The molecule has 0 atom stereocenters. The number of rotatable bonds is 22. The highest BCUT2D eigenvalue weighted by Crippen LogP contribution is 2.23. The van der Waals surface area contributed by atoms with Crippen molar-refractivity contribution in [2.24, 2.45) is 4.99 Å². The molecule has 1 aromatic carbocycles. The van der Waals surface area contributed by atoms with Crippen LogP contribution in [-0.4, -0.2) is 24.5 Å². The van der Waals surface area contributed by atoms with Gasteiger partial charge in [-0.15, -0.1) is 0 Å². The molecular weight excluding hydrogens is 394 g/mol. The molecule has 3 nitrogen and oxygen atoms in total. The molecule has 0 fully saturated rings. The number of benzene rings is 1. The summed E-state index contributed by atoms with van der Waals surface area (Å²) < 4.78 is 5.80. The van der Waals surface area contributed by atoms with Crippen molar-refractivity contribution in [1.29, 1.82) is 0 Å². The Morgan fingerprint density at radius 1 is 0.688 bits per heavy atom. The van der Waals surface area contributed by atoms with Gasteiger partial charge in [-0.1, -0.05) is 117 Å². The summed E-state index contributed by atoms with van der Waals surface area (Å²) in [7, 11) is 0. The van der Waals surface area contributed by atoms with Crippen LogP contribution in [0.3, 0.4) is 0 Å². The van der Waals surface area contributed by atoms with Crippen molar-refractivity contribution in [3.05, 3.63) is 23.8 Å². The third kappa shape index (κ3) is 16.2. The Labute approximate surface area is 199 Å². The van der Waals surface area contributed by atoms with Crippen LogP contribution in [0.25, 0.3) is 0 Å². The molecule has 0 bridgehead atoms. The molecule has 0 saturated carbocycles. The monoisotopic (exact) mass is 445 g/mol. The van der Waals surface area contributed by atoms with Gasteiger partial charge in [-0.2, -0.15) is 0 Å². The minimum atomic E-state index is 0.255. The van der Waals surface area contributed by atoms with Crippen molar-refractivity contribution < 1.29 is 9.84 Å². The Kier molecular flexibility index (Phi) is 19.0. The number of hydrogen-bond acceptors (Lipinski definition) is 3. The molecule has 32 heavy (non-hydrogen) atoms. The number of phenolic OH excluding ortho intramolecular Hbond substituents is 1. The van der Waals surface area contributed by atoms with Gasteiger partial charge in [-0.3, -0.25) is 4.99 Å². The minimum absolute atomic E-state index is 0.255. The molecule has 0 saturated heterocycles. The van der Waals surface area contributed by atoms with Gasteiger partial charge in [0.15, 0.2) is 0 Å². The van der Waals surface area contributed by atoms with E-state index >= 15 is 0 Å². The molecule has 0 aliphatic heterocycles. The number of aliphatic imine (C=N–C) groups is 1. The number of unbranched alkanes of at least 4 members (excludes halogenated alkanes) is 16. The number of ether oxygens (including phenoxy) is 1. The topological polar surface area (TPSA) is 41.8 Å². The van der Waals surface area contributed by atoms with E-state index in [-0.39, 0.29) is 5.75 Å². The number of hydrogen-bond donors (Lipinski definition) is 1. The Morgan fingerprint density at radius 3 is 1.72 bits per heavy atom. The standard InChI is InChI=1S/C29H51NO2/c1-3-5-7-9-11-13-14-15-17-19-23-30-26-27-21-22-28(25-29(27)31)32-24-20-18-16-12-10-8-6-4-2/h21-22,25-26,31H,3-20,23-24H2,1-2H3. The van der Waals surface area contributed by atoms with Crippen LogP contribution in [0.1, 0.15) is 135 Å². The van der Waals surface area contributed by atoms with Gasteiger partial charge in [-0.25, -0.2) is 0 Å². The van der Waals surface area contributed by atoms with Gasteiger partial charge in [0.05, 0.1) is 6.61 Å². The van der Waals surface area contributed by atoms with Crippen molar-refractivity contribution in [2.45, 2.75) is 129 Å². The van der Waals surface area contributed by atoms with Gasteiger partial charge in [0.2, 0.25) is 0 Å². The zero-order valence-corrected chi connectivity index (χ0v) is 21.3. The van der Waals surface area contributed by atoms with E-state index in [0.29, 0.717) is 0 Å². The summed E-state index contributed by atoms with van der Waals surface area (Å²) >= 11 is 0. The van der Waals surface area contributed by atoms with Gasteiger partial charge < -0.3 is 9.84 Å². The average molecular weight is 446 g/mol. The maximum atomic E-state index is 10.2. The van der Waals surface area contributed by atoms with Crippen molar-refractivity contribution in [3.8, 4) is 11.5 Å². The largest absolute Gasteiger partial charge is 0.507 e. The van der Waals surface area contributed by atoms with Crippen LogP contribution < -0.4 is 4.74 Å². The fourth-order valence-electron chi connectivity index (χ4n) is 4.00. The van der Waals surface area contributed by atoms with Crippen LogP contribution >= 0.6 is 0 Å². The first kappa shape index (κ1) is 28.5. The molecule has 1 N–H and O–H groups in total. The molecule has 0 spiro atoms. The van der Waals surface area contributed by atoms with Crippen LogP contribution in [0.15, 0.2) is 23.2 Å². The molecule has 1 rings (SSSR count). The Morgan fingerprint density at radius 2 is 1.19 bits per heavy atom. The lowest BCUT2D eigenvalue weighted by Gasteiger charge is -2.08. The van der Waals surface area contributed by atoms with E-state index in [4.69, 9.17) is 4.74 Å². The summed E-state index contributed by atoms with van der Waals surface area (Å²) in [5, 5.41) is 10.2. The molecule has 0 heterocycles. The van der Waals surface area contributed by atoms with E-state index in [1.807, 2.05) is 12.1 Å². The second-order valence-electron chi connectivity index (χ2n) is 9.26. The summed E-state index contributed by atoms with van der Waals surface area (Å²) in [6.45, 7) is 6.09. The molecule has 0 amide bonds. The Balaban J connectivity index is 2.05. The molecule has 0 radical (unpaired) electrons. The summed E-state index contributed by atoms with van der Waals surface area (Å²) in [4.78, 5) is 4.50. The zero-order chi connectivity index (χ0) is 23.1. The Hall–Kier alpha value is -1.51. The molecule has 0 aliphatic rings. The zero-order valence-electron chi connectivity index (χ0n) is 21.3. The summed E-state index contributed by atoms with van der Waals surface area (Å²) in [6.07, 6.45) is 25.5. The first-order valence-corrected chi connectivity index (χ1v) is 13.7. The van der Waals surface area contributed by atoms with Gasteiger partial charge >= 0.3 is 0 Å². The lowest BCUT2D eigenvalue weighted by atomic mass is 10.1. The van der Waals surface area contributed by atoms with Gasteiger partial charge in [-0.05, 0) is 25.0 Å². The second-order valence-corrected chi connectivity index (χ2v) is 9.26. The molecule has 1 aromatic rings. The highest BCUT2D eigenvalue weighted by atomic mass is 16.5. The number of nitrogens with zero attached hydrogens (tertiary/aromatic N) is 1. The van der Waals surface area contributed by atoms with Crippen LogP contribution in [0.4, 0.5) is 0 Å². The van der Waals surface area contributed by atoms with E-state index in [2.05, 4.69) is 18.8 Å². The predicted octanol–water partition coefficient (Wildman–Crippen LogP) is 9.25. The van der Waals surface area contributed by atoms with Crippen molar-refractivity contribution in [3.63, 3.8) is 0 Å². The highest BCUT2D eigenvalue weighted by Gasteiger charge is 2.02. The van der Waals surface area contributed by atoms with E-state index < -0.39 is 0 Å². The molecular formula is C29H51NO2. The van der Waals surface area contributed by atoms with Crippen LogP contribution in [0.5, 0.6) is 11.5 Å². The molecule has 184 valence electrons. The molecule has 0 aromatic heterocycles. The fraction of sp³-hybridized carbons (Fsp3) is 0.759. The summed E-state index contributed by atoms with van der Waals surface area (Å²) in [6, 6.07) is 5.55. The summed E-state index contributed by atoms with van der Waals surface area (Å²) in [5.41, 5.74) is 0.775. The predicted molar refractivity (Wildman–Crippen MR) is 141 cm³/mol. The van der Waals surface area contributed by atoms with Crippen LogP contribution in [0, 0.1) is 0 Å². The first-order valence-electron chi connectivity index (χ1n) is 13.7. The fourth-order valence-corrected chi connectivity index (χ4v) is 4.00. The van der Waals surface area contributed by atoms with Gasteiger partial charge in [0, 0.05) is 24.4 Å². The van der Waals surface area contributed by atoms with Crippen molar-refractivity contribution >= 4 is 6.21 Å². The van der Waals surface area contributed by atoms with Crippen molar-refractivity contribution in [1.82, 2.24) is 0 Å². The third-order valence-electron chi connectivity index (χ3n) is 6.14. The SMILES string of the molecule is CCCCCCCCCCCCN=Cc1ccc(OCCCCCCCCCC)cc1O. The molecule has 3 heteroatoms. The van der Waals surface area contributed by atoms with E-state index in [9.17, 15) is 5.11 Å². The minimum Gasteiger partial charge on any atom is -0.507 e. The lowest BCUT2D eigenvalue weighted by Crippen LogP contribution is -1.97. The van der Waals surface area contributed by atoms with Gasteiger partial charge in [0.25, 0.3) is 0 Å². The maximum Gasteiger partial charge on any atom is 0.128 e. The smallest absolute Gasteiger partial charge is 0.128 e. The quantitative estimate of drug-likeness (QED) is 0.143. The van der Waals surface area contributed by atoms with Gasteiger partial charge in [0.1, 0.15) is 11.5 Å². The number of phenols is 1. The van der Waals surface area contributed by atoms with Crippen molar-refractivity contribution in [2.75, 3.05) is 13.2 Å². The van der Waals surface area contributed by atoms with E-state index in [1.54, 1.807) is 12.3 Å². The Bertz CT molecular complexity index is 570. The van der Waals surface area contributed by atoms with Crippen LogP contribution in [-0.2, 0) is 0 Å². The highest BCUT2D eigenvalue weighted by molar-refractivity contribution is 5.83. The molecule has 0 aliphatic carbocycles. The lowest BCUT2D eigenvalue weighted by molar-refractivity contribution is 0.302. The molecule has 0 unspecified atom stereocenters. The second kappa shape index (κ2) is 21.3. The van der Waals surface area contributed by atoms with E-state index in [0.717, 1.165) is 37.3 Å². The summed E-state index contributed by atoms with van der Waals surface area (Å²) in [5.74, 6) is 1.00. The normalized spacial score (nSPS) is 11.4. The average Bonchev–Trinajstić information content (AvgIpc) is 2.80. The first-order chi connectivity index (χ1) is 15.8.